The van der Waals surface area contributed by atoms with Crippen LogP contribution in [0.15, 0.2) is 139 Å². The molecule has 3 nitrogen and oxygen atoms in total. The summed E-state index contributed by atoms with van der Waals surface area (Å²) in [7, 11) is 0. The van der Waals surface area contributed by atoms with Crippen molar-refractivity contribution in [3.8, 4) is 22.3 Å². The van der Waals surface area contributed by atoms with Crippen LogP contribution in [0, 0.1) is 0 Å². The van der Waals surface area contributed by atoms with E-state index < -0.39 is 0 Å². The summed E-state index contributed by atoms with van der Waals surface area (Å²) in [5.41, 5.74) is 13.0. The van der Waals surface area contributed by atoms with E-state index in [1.165, 1.54) is 72.2 Å². The van der Waals surface area contributed by atoms with Crippen LogP contribution in [0.3, 0.4) is 0 Å². The first-order valence-corrected chi connectivity index (χ1v) is 16.2. The maximum absolute atomic E-state index is 3.93. The van der Waals surface area contributed by atoms with Gasteiger partial charge < -0.3 is 0 Å². The van der Waals surface area contributed by atoms with Gasteiger partial charge in [-0.3, -0.25) is 0 Å². The molecule has 9 rings (SSSR count). The van der Waals surface area contributed by atoms with Gasteiger partial charge in [-0.2, -0.15) is 4.68 Å². The van der Waals surface area contributed by atoms with E-state index in [1.807, 2.05) is 0 Å². The highest BCUT2D eigenvalue weighted by Crippen LogP contribution is 2.53. The van der Waals surface area contributed by atoms with Gasteiger partial charge in [0.15, 0.2) is 0 Å². The number of fused-ring (bicyclic) bond motifs is 7. The maximum Gasteiger partial charge on any atom is 0.304 e. The molecule has 3 aliphatic rings. The highest BCUT2D eigenvalue weighted by molar-refractivity contribution is 6.13. The van der Waals surface area contributed by atoms with Crippen LogP contribution in [0.5, 0.6) is 0 Å². The largest absolute Gasteiger partial charge is 0.304 e. The highest BCUT2D eigenvalue weighted by Gasteiger charge is 2.45. The molecule has 1 N–H and O–H groups in total. The number of nitrogens with zero attached hydrogens (tertiary/aromatic N) is 2. The van der Waals surface area contributed by atoms with Crippen LogP contribution < -0.4 is 5.32 Å². The number of amidine groups is 1. The Morgan fingerprint density at radius 1 is 0.756 bits per heavy atom. The van der Waals surface area contributed by atoms with Crippen LogP contribution in [0.2, 0.25) is 0 Å². The molecule has 0 saturated carbocycles. The lowest BCUT2D eigenvalue weighted by Crippen LogP contribution is -2.55. The molecule has 0 fully saturated rings. The fourth-order valence-electron chi connectivity index (χ4n) is 7.98. The minimum absolute atomic E-state index is 0.0104. The summed E-state index contributed by atoms with van der Waals surface area (Å²) in [6.45, 7) is 4.81. The minimum atomic E-state index is -0.148. The summed E-state index contributed by atoms with van der Waals surface area (Å²) in [5.74, 6) is 1.20. The lowest BCUT2D eigenvalue weighted by Gasteiger charge is -2.32. The van der Waals surface area contributed by atoms with Crippen LogP contribution in [0.4, 0.5) is 0 Å². The van der Waals surface area contributed by atoms with E-state index in [4.69, 9.17) is 0 Å². The Morgan fingerprint density at radius 3 is 2.36 bits per heavy atom. The molecule has 6 aromatic rings. The molecular weight excluding hydrogens is 546 g/mol. The van der Waals surface area contributed by atoms with E-state index in [9.17, 15) is 0 Å². The lowest BCUT2D eigenvalue weighted by atomic mass is 9.81. The molecule has 1 unspecified atom stereocenters. The predicted octanol–water partition coefficient (Wildman–Crippen LogP) is 9.91. The van der Waals surface area contributed by atoms with Crippen LogP contribution in [0.1, 0.15) is 56.0 Å². The Morgan fingerprint density at radius 2 is 1.51 bits per heavy atom. The van der Waals surface area contributed by atoms with Crippen molar-refractivity contribution in [3.05, 3.63) is 156 Å². The maximum atomic E-state index is 3.93. The van der Waals surface area contributed by atoms with Crippen molar-refractivity contribution in [2.75, 3.05) is 0 Å². The molecule has 2 aliphatic carbocycles. The van der Waals surface area contributed by atoms with Crippen molar-refractivity contribution >= 4 is 27.6 Å². The van der Waals surface area contributed by atoms with Gasteiger partial charge in [-0.25, -0.2) is 5.32 Å². The number of hydrogen-bond acceptors (Lipinski definition) is 1. The molecule has 218 valence electrons. The van der Waals surface area contributed by atoms with E-state index in [0.717, 1.165) is 19.3 Å². The minimum Gasteiger partial charge on any atom is -0.227 e. The van der Waals surface area contributed by atoms with Gasteiger partial charge >= 0.3 is 5.84 Å². The van der Waals surface area contributed by atoms with E-state index in [2.05, 4.69) is 162 Å². The molecule has 1 aliphatic heterocycles. The average Bonchev–Trinajstić information content (AvgIpc) is 3.32. The normalized spacial score (nSPS) is 18.3. The van der Waals surface area contributed by atoms with Gasteiger partial charge in [0, 0.05) is 27.3 Å². The summed E-state index contributed by atoms with van der Waals surface area (Å²) in [6.07, 6.45) is 10.2. The molecule has 45 heavy (non-hydrogen) atoms. The summed E-state index contributed by atoms with van der Waals surface area (Å²) in [4.78, 5) is 0. The van der Waals surface area contributed by atoms with Crippen molar-refractivity contribution in [1.82, 2.24) is 9.99 Å². The van der Waals surface area contributed by atoms with Crippen molar-refractivity contribution < 1.29 is 4.68 Å². The molecule has 0 radical (unpaired) electrons. The number of aromatic nitrogens is 1. The van der Waals surface area contributed by atoms with Crippen LogP contribution in [0.25, 0.3) is 44.1 Å². The number of rotatable bonds is 4. The van der Waals surface area contributed by atoms with Crippen LogP contribution in [-0.2, 0) is 5.41 Å². The molecule has 1 aromatic heterocycles. The van der Waals surface area contributed by atoms with E-state index >= 15 is 0 Å². The quantitative estimate of drug-likeness (QED) is 0.205. The molecule has 0 bridgehead atoms. The third-order valence-electron chi connectivity index (χ3n) is 10.2. The van der Waals surface area contributed by atoms with Crippen LogP contribution >= 0.6 is 0 Å². The molecular formula is C42H36N3+. The first-order chi connectivity index (χ1) is 22.1. The van der Waals surface area contributed by atoms with Gasteiger partial charge in [-0.1, -0.05) is 141 Å². The predicted molar refractivity (Wildman–Crippen MR) is 187 cm³/mol. The standard InChI is InChI=1S/C42H35N3/c1-42(2)36-22-14-13-21-32(36)34-25-26-35-33-24-23-31(28-15-9-5-10-16-28)27-37(33)44(39(35)38(34)42)45-40(29-17-7-3-4-8-18-29)43-41(45)30-19-11-6-12-20-30/h3,5-7,9-17,19-27,41H,4,8,18H2,1-2H3/p+1. The SMILES string of the molecule is CC1(C)c2ccccc2-c2ccc3c4ccc(-c5ccccc5)cc4n([N+]4=C(C5=CC=CCCC5)NC4c4ccccc4)c3c21. The number of allylic oxidation sites excluding steroid dienone is 3. The summed E-state index contributed by atoms with van der Waals surface area (Å²) in [6, 6.07) is 42.4. The smallest absolute Gasteiger partial charge is 0.227 e. The number of hydrogen-bond donors (Lipinski definition) is 1. The van der Waals surface area contributed by atoms with Crippen molar-refractivity contribution in [2.45, 2.75) is 44.7 Å². The van der Waals surface area contributed by atoms with Gasteiger partial charge in [0.1, 0.15) is 0 Å². The second-order valence-electron chi connectivity index (χ2n) is 13.1. The Balaban J connectivity index is 1.42. The topological polar surface area (TPSA) is 20.0 Å². The zero-order valence-electron chi connectivity index (χ0n) is 25.8. The monoisotopic (exact) mass is 582 g/mol. The van der Waals surface area contributed by atoms with E-state index in [-0.39, 0.29) is 11.6 Å². The average molecular weight is 583 g/mol. The molecule has 1 atom stereocenters. The van der Waals surface area contributed by atoms with Crippen LogP contribution in [-0.4, -0.2) is 15.2 Å². The molecule has 2 heterocycles. The van der Waals surface area contributed by atoms with E-state index in [1.54, 1.807) is 0 Å². The van der Waals surface area contributed by atoms with Gasteiger partial charge in [0.05, 0.1) is 11.0 Å². The first kappa shape index (κ1) is 26.3. The first-order valence-electron chi connectivity index (χ1n) is 16.2. The van der Waals surface area contributed by atoms with Gasteiger partial charge in [-0.05, 0) is 58.7 Å². The van der Waals surface area contributed by atoms with Gasteiger partial charge in [-0.15, -0.1) is 4.68 Å². The fraction of sp³-hybridized carbons (Fsp3) is 0.167. The molecule has 0 amide bonds. The zero-order valence-corrected chi connectivity index (χ0v) is 25.8. The Hall–Kier alpha value is -5.15. The third-order valence-corrected chi connectivity index (χ3v) is 10.2. The molecule has 0 saturated heterocycles. The Labute approximate surface area is 264 Å². The highest BCUT2D eigenvalue weighted by atomic mass is 15.6. The molecule has 0 spiro atoms. The van der Waals surface area contributed by atoms with Crippen molar-refractivity contribution in [2.24, 2.45) is 0 Å². The summed E-state index contributed by atoms with van der Waals surface area (Å²) in [5, 5.41) is 6.52. The number of nitrogens with one attached hydrogen (secondary N) is 1. The third kappa shape index (κ3) is 3.86. The second kappa shape index (κ2) is 9.93. The van der Waals surface area contributed by atoms with Crippen molar-refractivity contribution in [3.63, 3.8) is 0 Å². The van der Waals surface area contributed by atoms with Gasteiger partial charge in [0.2, 0.25) is 0 Å². The van der Waals surface area contributed by atoms with E-state index in [0.29, 0.717) is 0 Å². The second-order valence-corrected chi connectivity index (χ2v) is 13.1. The Bertz CT molecular complexity index is 2230. The van der Waals surface area contributed by atoms with Crippen molar-refractivity contribution in [1.29, 1.82) is 0 Å². The summed E-state index contributed by atoms with van der Waals surface area (Å²) < 4.78 is 5.13. The van der Waals surface area contributed by atoms with Gasteiger partial charge in [0.25, 0.3) is 6.17 Å². The number of benzene rings is 5. The molecule has 3 heteroatoms. The summed E-state index contributed by atoms with van der Waals surface area (Å²) >= 11 is 0. The zero-order chi connectivity index (χ0) is 30.1. The molecule has 5 aromatic carbocycles. The lowest BCUT2D eigenvalue weighted by molar-refractivity contribution is -0.652. The fourth-order valence-corrected chi connectivity index (χ4v) is 7.98. The Kier molecular flexibility index (Phi) is 5.80.